The molecule has 0 saturated heterocycles. The Hall–Kier alpha value is -1.80. The average Bonchev–Trinajstić information content (AvgIpc) is 3.22. The summed E-state index contributed by atoms with van der Waals surface area (Å²) in [6, 6.07) is 7.76. The van der Waals surface area contributed by atoms with Crippen molar-refractivity contribution in [3.05, 3.63) is 60.2 Å². The minimum absolute atomic E-state index is 0. The van der Waals surface area contributed by atoms with Crippen LogP contribution in [0.3, 0.4) is 0 Å². The van der Waals surface area contributed by atoms with Crippen molar-refractivity contribution >= 4 is 11.8 Å². The number of pyridine rings is 2. The first kappa shape index (κ1) is 56.2. The summed E-state index contributed by atoms with van der Waals surface area (Å²) in [6.07, 6.45) is 50.7. The molecule has 0 aromatic carbocycles. The summed E-state index contributed by atoms with van der Waals surface area (Å²) >= 11 is 0. The molecule has 2 rings (SSSR count). The molecule has 0 fully saturated rings. The maximum Gasteiger partial charge on any atom is 0.251 e. The summed E-state index contributed by atoms with van der Waals surface area (Å²) in [5.41, 5.74) is 1.46. The fraction of sp³-hybridized carbons (Fsp3) is 0.760. The number of carbonyl (C=O) groups is 2. The maximum absolute atomic E-state index is 12.6. The largest absolute Gasteiger partial charge is 1.00 e. The predicted octanol–water partition coefficient (Wildman–Crippen LogP) is 6.95. The normalized spacial score (nSPS) is 10.9. The molecule has 0 bridgehead atoms. The van der Waals surface area contributed by atoms with Gasteiger partial charge in [-0.05, 0) is 25.7 Å². The third-order valence-corrected chi connectivity index (χ3v) is 11.5. The van der Waals surface area contributed by atoms with Crippen LogP contribution in [0.2, 0.25) is 0 Å². The van der Waals surface area contributed by atoms with Crippen molar-refractivity contribution in [3.63, 3.8) is 0 Å². The topological polar surface area (TPSA) is 66.0 Å². The van der Waals surface area contributed by atoms with Crippen LogP contribution in [0, 0.1) is 0 Å². The Morgan fingerprint density at radius 2 is 0.586 bits per heavy atom. The van der Waals surface area contributed by atoms with Crippen molar-refractivity contribution in [3.8, 4) is 0 Å². The molecule has 0 aliphatic heterocycles. The highest BCUT2D eigenvalue weighted by molar-refractivity contribution is 5.94. The average molecular weight is 937 g/mol. The van der Waals surface area contributed by atoms with Gasteiger partial charge in [-0.1, -0.05) is 181 Å². The van der Waals surface area contributed by atoms with E-state index in [0.717, 1.165) is 49.9 Å². The van der Waals surface area contributed by atoms with Crippen LogP contribution in [0.25, 0.3) is 0 Å². The Labute approximate surface area is 378 Å². The van der Waals surface area contributed by atoms with Crippen LogP contribution in [0.15, 0.2) is 49.1 Å². The van der Waals surface area contributed by atoms with Gasteiger partial charge in [0.25, 0.3) is 11.8 Å². The van der Waals surface area contributed by atoms with Gasteiger partial charge in [-0.15, -0.1) is 0 Å². The molecular weight excluding hydrogens is 848 g/mol. The molecule has 2 heterocycles. The molecule has 2 amide bonds. The van der Waals surface area contributed by atoms with E-state index in [1.807, 2.05) is 49.1 Å². The summed E-state index contributed by atoms with van der Waals surface area (Å²) in [4.78, 5) is 25.2. The molecule has 0 unspecified atom stereocenters. The van der Waals surface area contributed by atoms with Gasteiger partial charge in [0.1, 0.15) is 13.1 Å². The van der Waals surface area contributed by atoms with Gasteiger partial charge in [-0.3, -0.25) is 9.59 Å². The second-order valence-electron chi connectivity index (χ2n) is 16.8. The van der Waals surface area contributed by atoms with E-state index in [9.17, 15) is 9.59 Å². The zero-order valence-electron chi connectivity index (χ0n) is 37.5. The fourth-order valence-electron chi connectivity index (χ4n) is 7.70. The van der Waals surface area contributed by atoms with E-state index in [1.54, 1.807) is 0 Å². The Bertz CT molecular complexity index is 1100. The minimum atomic E-state index is 0. The molecule has 2 aromatic heterocycles. The molecule has 0 aliphatic carbocycles. The second-order valence-corrected chi connectivity index (χ2v) is 16.8. The number of unbranched alkanes of at least 4 members (excludes halogenated alkanes) is 29. The second kappa shape index (κ2) is 41.9. The van der Waals surface area contributed by atoms with E-state index in [0.29, 0.717) is 13.1 Å². The van der Waals surface area contributed by atoms with Gasteiger partial charge in [0.05, 0.1) is 11.1 Å². The lowest BCUT2D eigenvalue weighted by Gasteiger charge is -2.07. The van der Waals surface area contributed by atoms with E-state index in [-0.39, 0.29) is 45.8 Å². The van der Waals surface area contributed by atoms with Crippen LogP contribution >= 0.6 is 0 Å². The van der Waals surface area contributed by atoms with Crippen molar-refractivity contribution in [1.82, 2.24) is 10.6 Å². The van der Waals surface area contributed by atoms with Gasteiger partial charge in [-0.25, -0.2) is 9.13 Å². The van der Waals surface area contributed by atoms with Crippen LogP contribution in [-0.4, -0.2) is 24.9 Å². The summed E-state index contributed by atoms with van der Waals surface area (Å²) in [5, 5.41) is 6.14. The molecular formula is C50H88Br2N4O2. The first-order valence-corrected chi connectivity index (χ1v) is 24.2. The van der Waals surface area contributed by atoms with Gasteiger partial charge < -0.3 is 44.6 Å². The Balaban J connectivity index is 0.0000162. The first-order chi connectivity index (χ1) is 27.6. The standard InChI is InChI=1S/C50H86N4O2.2BrH/c1-3-5-7-9-11-13-15-17-19-21-23-25-29-33-41-53-43-35-47(36-44-53)49(55)51-39-31-27-28-32-40-52-50(56)48-37-45-54(46-38-48)42-34-30-26-24-22-20-18-16-14-12-10-8-6-4-2;;/h35-38,43-46H,3-34,39-42H2,1-2H3;2*1H. The number of aryl methyl sites for hydroxylation is 2. The van der Waals surface area contributed by atoms with Crippen molar-refractivity contribution < 1.29 is 52.7 Å². The molecule has 0 atom stereocenters. The van der Waals surface area contributed by atoms with E-state index < -0.39 is 0 Å². The zero-order chi connectivity index (χ0) is 40.0. The van der Waals surface area contributed by atoms with Crippen LogP contribution < -0.4 is 53.7 Å². The molecule has 0 saturated carbocycles. The summed E-state index contributed by atoms with van der Waals surface area (Å²) in [6.45, 7) is 7.98. The predicted molar refractivity (Wildman–Crippen MR) is 237 cm³/mol. The molecule has 0 spiro atoms. The number of aromatic nitrogens is 2. The summed E-state index contributed by atoms with van der Waals surface area (Å²) in [5.74, 6) is 0.00866. The van der Waals surface area contributed by atoms with Gasteiger partial charge >= 0.3 is 0 Å². The fourth-order valence-corrected chi connectivity index (χ4v) is 7.70. The molecule has 334 valence electrons. The lowest BCUT2D eigenvalue weighted by molar-refractivity contribution is -0.697. The number of nitrogens with zero attached hydrogens (tertiary/aromatic N) is 2. The maximum atomic E-state index is 12.6. The first-order valence-electron chi connectivity index (χ1n) is 24.2. The van der Waals surface area contributed by atoms with Crippen LogP contribution in [0.4, 0.5) is 0 Å². The van der Waals surface area contributed by atoms with E-state index >= 15 is 0 Å². The van der Waals surface area contributed by atoms with Crippen LogP contribution in [0.5, 0.6) is 0 Å². The number of halogens is 2. The van der Waals surface area contributed by atoms with E-state index in [4.69, 9.17) is 0 Å². The number of nitrogens with one attached hydrogen (secondary N) is 2. The summed E-state index contributed by atoms with van der Waals surface area (Å²) in [7, 11) is 0. The molecule has 8 heteroatoms. The molecule has 6 nitrogen and oxygen atoms in total. The molecule has 2 N–H and O–H groups in total. The molecule has 2 aromatic rings. The van der Waals surface area contributed by atoms with Crippen molar-refractivity contribution in [1.29, 1.82) is 0 Å². The highest BCUT2D eigenvalue weighted by Gasteiger charge is 2.10. The minimum Gasteiger partial charge on any atom is -1.00 e. The number of amides is 2. The Morgan fingerprint density at radius 3 is 0.845 bits per heavy atom. The number of rotatable bonds is 39. The van der Waals surface area contributed by atoms with Crippen LogP contribution in [0.1, 0.15) is 240 Å². The monoisotopic (exact) mass is 935 g/mol. The lowest BCUT2D eigenvalue weighted by Crippen LogP contribution is -3.00. The highest BCUT2D eigenvalue weighted by Crippen LogP contribution is 2.14. The lowest BCUT2D eigenvalue weighted by atomic mass is 10.0. The van der Waals surface area contributed by atoms with Gasteiger partial charge in [0.15, 0.2) is 24.8 Å². The van der Waals surface area contributed by atoms with Crippen LogP contribution in [-0.2, 0) is 13.1 Å². The quantitative estimate of drug-likeness (QED) is 0.0564. The summed E-state index contributed by atoms with van der Waals surface area (Å²) < 4.78 is 4.40. The SMILES string of the molecule is CCCCCCCCCCCCCCCC[n+]1ccc(C(=O)NCCCCCCNC(=O)c2cc[n+](CCCCCCCCCCCCCCCC)cc2)cc1.[Br-].[Br-]. The van der Waals surface area contributed by atoms with Crippen molar-refractivity contribution in [2.45, 2.75) is 232 Å². The number of carbonyl (C=O) groups excluding carboxylic acids is 2. The third kappa shape index (κ3) is 32.0. The smallest absolute Gasteiger partial charge is 0.251 e. The molecule has 0 aliphatic rings. The zero-order valence-corrected chi connectivity index (χ0v) is 40.7. The van der Waals surface area contributed by atoms with Crippen molar-refractivity contribution in [2.24, 2.45) is 0 Å². The van der Waals surface area contributed by atoms with E-state index in [1.165, 1.54) is 180 Å². The van der Waals surface area contributed by atoms with E-state index in [2.05, 4.69) is 33.6 Å². The molecule has 58 heavy (non-hydrogen) atoms. The third-order valence-electron chi connectivity index (χ3n) is 11.5. The van der Waals surface area contributed by atoms with Crippen molar-refractivity contribution in [2.75, 3.05) is 13.1 Å². The molecule has 0 radical (unpaired) electrons. The number of hydrogen-bond donors (Lipinski definition) is 2. The van der Waals surface area contributed by atoms with Gasteiger partial charge in [0, 0.05) is 50.2 Å². The Kier molecular flexibility index (Phi) is 40.6. The Morgan fingerprint density at radius 1 is 0.362 bits per heavy atom. The van der Waals surface area contributed by atoms with Gasteiger partial charge in [-0.2, -0.15) is 0 Å². The van der Waals surface area contributed by atoms with Gasteiger partial charge in [0.2, 0.25) is 0 Å². The number of hydrogen-bond acceptors (Lipinski definition) is 2. The highest BCUT2D eigenvalue weighted by atomic mass is 79.9.